The average Bonchev–Trinajstić information content (AvgIpc) is 3.35. The number of nitrogens with zero attached hydrogens (tertiary/aromatic N) is 6. The maximum Gasteiger partial charge on any atom is 0.297 e. The summed E-state index contributed by atoms with van der Waals surface area (Å²) in [6, 6.07) is 9.28. The van der Waals surface area contributed by atoms with E-state index in [0.717, 1.165) is 28.2 Å². The highest BCUT2D eigenvalue weighted by atomic mass is 16.5. The average molecular weight is 403 g/mol. The molecule has 30 heavy (non-hydrogen) atoms. The first-order valence-corrected chi connectivity index (χ1v) is 9.29. The molecule has 0 radical (unpaired) electrons. The van der Waals surface area contributed by atoms with Gasteiger partial charge < -0.3 is 10.5 Å². The number of benzene rings is 1. The molecule has 9 nitrogen and oxygen atoms in total. The Morgan fingerprint density at radius 1 is 1.23 bits per heavy atom. The van der Waals surface area contributed by atoms with Gasteiger partial charge in [-0.1, -0.05) is 0 Å². The molecule has 0 bridgehead atoms. The summed E-state index contributed by atoms with van der Waals surface area (Å²) in [4.78, 5) is 20.8. The van der Waals surface area contributed by atoms with E-state index in [0.29, 0.717) is 11.4 Å². The van der Waals surface area contributed by atoms with E-state index in [2.05, 4.69) is 20.2 Å². The van der Waals surface area contributed by atoms with Crippen LogP contribution in [0.3, 0.4) is 0 Å². The molecule has 3 aromatic heterocycles. The largest absolute Gasteiger partial charge is 0.496 e. The van der Waals surface area contributed by atoms with Gasteiger partial charge in [0, 0.05) is 29.7 Å². The summed E-state index contributed by atoms with van der Waals surface area (Å²) in [6.07, 6.45) is 3.57. The molecule has 1 aromatic carbocycles. The third-order valence-electron chi connectivity index (χ3n) is 4.66. The highest BCUT2D eigenvalue weighted by molar-refractivity contribution is 6.01. The van der Waals surface area contributed by atoms with Crippen LogP contribution >= 0.6 is 0 Å². The second-order valence-electron chi connectivity index (χ2n) is 6.87. The van der Waals surface area contributed by atoms with Crippen LogP contribution in [0.2, 0.25) is 0 Å². The van der Waals surface area contributed by atoms with E-state index in [9.17, 15) is 4.79 Å². The predicted molar refractivity (Wildman–Crippen MR) is 113 cm³/mol. The number of nitrogens with two attached hydrogens (primary N) is 1. The number of methoxy groups -OCH3 is 1. The molecule has 0 fully saturated rings. The third kappa shape index (κ3) is 3.30. The van der Waals surface area contributed by atoms with Gasteiger partial charge in [0.25, 0.3) is 5.91 Å². The molecule has 2 N–H and O–H groups in total. The normalized spacial score (nSPS) is 11.8. The van der Waals surface area contributed by atoms with E-state index in [1.54, 1.807) is 35.5 Å². The van der Waals surface area contributed by atoms with Crippen LogP contribution in [-0.4, -0.2) is 43.2 Å². The highest BCUT2D eigenvalue weighted by Crippen LogP contribution is 2.36. The molecule has 0 saturated carbocycles. The minimum atomic E-state index is -0.494. The second-order valence-corrected chi connectivity index (χ2v) is 6.87. The molecule has 1 amide bonds. The number of amides is 1. The highest BCUT2D eigenvalue weighted by Gasteiger charge is 2.20. The molecule has 0 saturated heterocycles. The van der Waals surface area contributed by atoms with Crippen LogP contribution in [0.4, 0.5) is 0 Å². The van der Waals surface area contributed by atoms with Gasteiger partial charge in [-0.2, -0.15) is 15.2 Å². The smallest absolute Gasteiger partial charge is 0.297 e. The minimum Gasteiger partial charge on any atom is -0.496 e. The van der Waals surface area contributed by atoms with Crippen LogP contribution in [0, 0.1) is 13.8 Å². The quantitative estimate of drug-likeness (QED) is 0.414. The summed E-state index contributed by atoms with van der Waals surface area (Å²) in [5.41, 5.74) is 10.3. The molecule has 0 spiro atoms. The maximum atomic E-state index is 12.4. The van der Waals surface area contributed by atoms with Gasteiger partial charge in [-0.15, -0.1) is 0 Å². The second kappa shape index (κ2) is 7.43. The van der Waals surface area contributed by atoms with Crippen LogP contribution in [0.1, 0.15) is 28.8 Å². The van der Waals surface area contributed by atoms with Gasteiger partial charge in [0.1, 0.15) is 17.3 Å². The van der Waals surface area contributed by atoms with Gasteiger partial charge in [-0.3, -0.25) is 4.79 Å². The monoisotopic (exact) mass is 403 g/mol. The Bertz CT molecular complexity index is 1280. The standard InChI is InChI=1S/C21H21N7O2/c1-12-10-17(21(29)24-14(3)22)25-20-19(13(2)26-28(12)20)16-7-6-15(11-18(16)30-4)27-9-5-8-23-27/h5-11H,1-4H3,(H2,22,24,29). The van der Waals surface area contributed by atoms with Gasteiger partial charge in [0.15, 0.2) is 5.65 Å². The predicted octanol–water partition coefficient (Wildman–Crippen LogP) is 2.72. The molecule has 4 aromatic rings. The maximum absolute atomic E-state index is 12.4. The van der Waals surface area contributed by atoms with E-state index in [1.165, 1.54) is 0 Å². The van der Waals surface area contributed by atoms with Crippen LogP contribution in [-0.2, 0) is 0 Å². The van der Waals surface area contributed by atoms with Crippen LogP contribution in [0.25, 0.3) is 22.5 Å². The SMILES string of the molecule is COc1cc(-n2cccn2)ccc1-c1c(C)nn2c(C)cc(C(=O)N=C(C)N)nc12. The molecule has 0 aliphatic heterocycles. The Morgan fingerprint density at radius 2 is 2.03 bits per heavy atom. The number of aliphatic imine (C=N–C) groups is 1. The van der Waals surface area contributed by atoms with Crippen molar-refractivity contribution in [1.29, 1.82) is 0 Å². The van der Waals surface area contributed by atoms with Gasteiger partial charge in [-0.25, -0.2) is 14.2 Å². The summed E-state index contributed by atoms with van der Waals surface area (Å²) in [7, 11) is 1.61. The first kappa shape index (κ1) is 19.3. The Kier molecular flexibility index (Phi) is 4.78. The van der Waals surface area contributed by atoms with Crippen molar-refractivity contribution >= 4 is 17.4 Å². The van der Waals surface area contributed by atoms with Crippen molar-refractivity contribution in [2.45, 2.75) is 20.8 Å². The first-order chi connectivity index (χ1) is 14.4. The van der Waals surface area contributed by atoms with E-state index >= 15 is 0 Å². The number of carbonyl (C=O) groups excluding carboxylic acids is 1. The third-order valence-corrected chi connectivity index (χ3v) is 4.66. The fourth-order valence-corrected chi connectivity index (χ4v) is 3.36. The van der Waals surface area contributed by atoms with Crippen LogP contribution < -0.4 is 10.5 Å². The van der Waals surface area contributed by atoms with Crippen molar-refractivity contribution in [1.82, 2.24) is 24.4 Å². The van der Waals surface area contributed by atoms with Gasteiger partial charge >= 0.3 is 0 Å². The van der Waals surface area contributed by atoms with E-state index in [4.69, 9.17) is 10.5 Å². The topological polar surface area (TPSA) is 113 Å². The number of amidine groups is 1. The Balaban J connectivity index is 1.92. The van der Waals surface area contributed by atoms with Crippen molar-refractivity contribution < 1.29 is 9.53 Å². The Hall–Kier alpha value is -4.01. The molecule has 3 heterocycles. The number of aromatic nitrogens is 5. The van der Waals surface area contributed by atoms with E-state index < -0.39 is 5.91 Å². The van der Waals surface area contributed by atoms with Crippen LogP contribution in [0.5, 0.6) is 5.75 Å². The zero-order chi connectivity index (χ0) is 21.4. The van der Waals surface area contributed by atoms with Gasteiger partial charge in [0.05, 0.1) is 24.1 Å². The van der Waals surface area contributed by atoms with Gasteiger partial charge in [-0.05, 0) is 45.0 Å². The summed E-state index contributed by atoms with van der Waals surface area (Å²) < 4.78 is 9.12. The molecule has 0 aliphatic rings. The molecular weight excluding hydrogens is 382 g/mol. The number of hydrogen-bond acceptors (Lipinski definition) is 5. The fourth-order valence-electron chi connectivity index (χ4n) is 3.36. The number of carbonyl (C=O) groups is 1. The number of hydrogen-bond donors (Lipinski definition) is 1. The molecule has 4 rings (SSSR count). The molecule has 0 unspecified atom stereocenters. The number of rotatable bonds is 4. The minimum absolute atomic E-state index is 0.181. The van der Waals surface area contributed by atoms with Crippen molar-refractivity contribution in [3.63, 3.8) is 0 Å². The summed E-state index contributed by atoms with van der Waals surface area (Å²) in [5.74, 6) is 0.333. The summed E-state index contributed by atoms with van der Waals surface area (Å²) >= 11 is 0. The van der Waals surface area contributed by atoms with Crippen molar-refractivity contribution in [2.75, 3.05) is 7.11 Å². The fraction of sp³-hybridized carbons (Fsp3) is 0.190. The zero-order valence-corrected chi connectivity index (χ0v) is 17.1. The van der Waals surface area contributed by atoms with Crippen molar-refractivity contribution in [3.8, 4) is 22.6 Å². The number of ether oxygens (including phenoxy) is 1. The Morgan fingerprint density at radius 3 is 2.70 bits per heavy atom. The van der Waals surface area contributed by atoms with Crippen LogP contribution in [0.15, 0.2) is 47.7 Å². The molecular formula is C21H21N7O2. The molecule has 0 atom stereocenters. The summed E-state index contributed by atoms with van der Waals surface area (Å²) in [5, 5.41) is 8.87. The first-order valence-electron chi connectivity index (χ1n) is 9.29. The lowest BCUT2D eigenvalue weighted by Gasteiger charge is -2.11. The van der Waals surface area contributed by atoms with Gasteiger partial charge in [0.2, 0.25) is 0 Å². The summed E-state index contributed by atoms with van der Waals surface area (Å²) in [6.45, 7) is 5.32. The number of fused-ring (bicyclic) bond motifs is 1. The lowest BCUT2D eigenvalue weighted by Crippen LogP contribution is -2.11. The number of aryl methyl sites for hydroxylation is 2. The lowest BCUT2D eigenvalue weighted by atomic mass is 10.0. The van der Waals surface area contributed by atoms with Crippen molar-refractivity contribution in [3.05, 3.63) is 59.8 Å². The van der Waals surface area contributed by atoms with E-state index in [1.807, 2.05) is 44.3 Å². The molecule has 0 aliphatic carbocycles. The Labute approximate surface area is 172 Å². The molecule has 9 heteroatoms. The van der Waals surface area contributed by atoms with E-state index in [-0.39, 0.29) is 11.5 Å². The zero-order valence-electron chi connectivity index (χ0n) is 17.1. The lowest BCUT2D eigenvalue weighted by molar-refractivity contribution is 0.0998. The van der Waals surface area contributed by atoms with Crippen molar-refractivity contribution in [2.24, 2.45) is 10.7 Å². The molecule has 152 valence electrons.